The van der Waals surface area contributed by atoms with Gasteiger partial charge in [-0.1, -0.05) is 25.1 Å². The highest BCUT2D eigenvalue weighted by atomic mass is 16.5. The lowest BCUT2D eigenvalue weighted by molar-refractivity contribution is -0.104. The summed E-state index contributed by atoms with van der Waals surface area (Å²) < 4.78 is 5.55. The maximum absolute atomic E-state index is 10.6. The maximum atomic E-state index is 10.6. The van der Waals surface area contributed by atoms with E-state index in [-0.39, 0.29) is 0 Å². The topological polar surface area (TPSA) is 26.3 Å². The number of hydrogen-bond donors (Lipinski definition) is 0. The first-order valence-corrected chi connectivity index (χ1v) is 6.07. The van der Waals surface area contributed by atoms with Crippen LogP contribution in [-0.2, 0) is 17.6 Å². The predicted molar refractivity (Wildman–Crippen MR) is 68.3 cm³/mol. The molecule has 2 nitrogen and oxygen atoms in total. The summed E-state index contributed by atoms with van der Waals surface area (Å²) in [4.78, 5) is 10.6. The van der Waals surface area contributed by atoms with E-state index in [9.17, 15) is 4.79 Å². The zero-order valence-electron chi connectivity index (χ0n) is 10.4. The second kappa shape index (κ2) is 5.17. The van der Waals surface area contributed by atoms with Gasteiger partial charge in [0.15, 0.2) is 0 Å². The van der Waals surface area contributed by atoms with Crippen molar-refractivity contribution in [2.75, 3.05) is 6.61 Å². The average Bonchev–Trinajstić information content (AvgIpc) is 2.75. The van der Waals surface area contributed by atoms with Gasteiger partial charge >= 0.3 is 0 Å². The predicted octanol–water partition coefficient (Wildman–Crippen LogP) is 2.95. The third-order valence-corrected chi connectivity index (χ3v) is 3.05. The molecule has 0 aromatic heterocycles. The van der Waals surface area contributed by atoms with E-state index in [1.165, 1.54) is 11.1 Å². The molecule has 1 unspecified atom stereocenters. The van der Waals surface area contributed by atoms with E-state index in [0.717, 1.165) is 37.1 Å². The molecule has 2 heteroatoms. The number of allylic oxidation sites excluding steroid dienone is 2. The number of ether oxygens (including phenoxy) is 1. The molecule has 0 saturated heterocycles. The lowest BCUT2D eigenvalue weighted by Crippen LogP contribution is -1.98. The highest BCUT2D eigenvalue weighted by Crippen LogP contribution is 2.27. The fourth-order valence-corrected chi connectivity index (χ4v) is 2.26. The van der Waals surface area contributed by atoms with E-state index in [1.54, 1.807) is 0 Å². The van der Waals surface area contributed by atoms with Crippen molar-refractivity contribution in [3.63, 3.8) is 0 Å². The van der Waals surface area contributed by atoms with Crippen molar-refractivity contribution >= 4 is 6.29 Å². The third-order valence-electron chi connectivity index (χ3n) is 3.05. The van der Waals surface area contributed by atoms with Crippen LogP contribution in [-0.4, -0.2) is 12.9 Å². The molecule has 0 aliphatic carbocycles. The van der Waals surface area contributed by atoms with Gasteiger partial charge in [-0.05, 0) is 42.0 Å². The van der Waals surface area contributed by atoms with Gasteiger partial charge in [-0.25, -0.2) is 0 Å². The highest BCUT2D eigenvalue weighted by Gasteiger charge is 2.12. The summed E-state index contributed by atoms with van der Waals surface area (Å²) in [5.41, 5.74) is 3.38. The van der Waals surface area contributed by atoms with Gasteiger partial charge < -0.3 is 4.74 Å². The second-order valence-electron chi connectivity index (χ2n) is 4.75. The number of rotatable bonds is 4. The molecule has 0 N–H and O–H groups in total. The summed E-state index contributed by atoms with van der Waals surface area (Å²) in [6.07, 6.45) is 4.89. The van der Waals surface area contributed by atoms with Gasteiger partial charge in [0.1, 0.15) is 12.0 Å². The van der Waals surface area contributed by atoms with Crippen LogP contribution in [0.25, 0.3) is 0 Å². The quantitative estimate of drug-likeness (QED) is 0.587. The van der Waals surface area contributed by atoms with E-state index < -0.39 is 0 Å². The molecular weight excluding hydrogens is 212 g/mol. The van der Waals surface area contributed by atoms with Gasteiger partial charge in [-0.2, -0.15) is 0 Å². The van der Waals surface area contributed by atoms with Crippen LogP contribution in [0, 0.1) is 5.92 Å². The van der Waals surface area contributed by atoms with Crippen LogP contribution in [0.2, 0.25) is 0 Å². The minimum absolute atomic E-state index is 0.375. The van der Waals surface area contributed by atoms with Crippen molar-refractivity contribution in [2.45, 2.75) is 26.7 Å². The Kier molecular flexibility index (Phi) is 3.62. The molecular formula is C15H18O2. The minimum Gasteiger partial charge on any atom is -0.493 e. The average molecular weight is 230 g/mol. The molecule has 1 aliphatic heterocycles. The molecule has 0 radical (unpaired) electrons. The van der Waals surface area contributed by atoms with E-state index in [4.69, 9.17) is 4.74 Å². The summed E-state index contributed by atoms with van der Waals surface area (Å²) >= 11 is 0. The Morgan fingerprint density at radius 3 is 3.12 bits per heavy atom. The fraction of sp³-hybridized carbons (Fsp3) is 0.400. The van der Waals surface area contributed by atoms with Crippen molar-refractivity contribution in [3.8, 4) is 5.75 Å². The number of aldehydes is 1. The molecule has 2 rings (SSSR count). The summed E-state index contributed by atoms with van der Waals surface area (Å²) in [6, 6.07) is 6.44. The first kappa shape index (κ1) is 11.9. The van der Waals surface area contributed by atoms with Gasteiger partial charge in [0.2, 0.25) is 0 Å². The lowest BCUT2D eigenvalue weighted by atomic mass is 9.98. The molecule has 1 aliphatic rings. The Hall–Kier alpha value is -1.57. The standard InChI is InChI=1S/C15H18O2/c1-11(7-12(2)10-16)8-13-3-4-14-5-6-17-15(14)9-13/h3-4,7,9-11H,5-6,8H2,1-2H3/b12-7+. The summed E-state index contributed by atoms with van der Waals surface area (Å²) in [5, 5.41) is 0. The van der Waals surface area contributed by atoms with Crippen LogP contribution in [0.15, 0.2) is 29.8 Å². The Morgan fingerprint density at radius 1 is 1.53 bits per heavy atom. The molecule has 17 heavy (non-hydrogen) atoms. The van der Waals surface area contributed by atoms with E-state index >= 15 is 0 Å². The second-order valence-corrected chi connectivity index (χ2v) is 4.75. The van der Waals surface area contributed by atoms with Gasteiger partial charge in [0, 0.05) is 6.42 Å². The molecule has 0 saturated carbocycles. The first-order valence-electron chi connectivity index (χ1n) is 6.07. The lowest BCUT2D eigenvalue weighted by Gasteiger charge is -2.08. The van der Waals surface area contributed by atoms with Crippen LogP contribution in [0.1, 0.15) is 25.0 Å². The molecule has 1 aromatic rings. The Bertz CT molecular complexity index is 446. The number of hydrogen-bond acceptors (Lipinski definition) is 2. The van der Waals surface area contributed by atoms with Crippen molar-refractivity contribution in [3.05, 3.63) is 41.0 Å². The van der Waals surface area contributed by atoms with Crippen LogP contribution in [0.5, 0.6) is 5.75 Å². The van der Waals surface area contributed by atoms with E-state index in [1.807, 2.05) is 13.0 Å². The van der Waals surface area contributed by atoms with Gasteiger partial charge in [0.05, 0.1) is 6.61 Å². The Labute approximate surface area is 102 Å². The Balaban J connectivity index is 2.06. The summed E-state index contributed by atoms with van der Waals surface area (Å²) in [7, 11) is 0. The zero-order chi connectivity index (χ0) is 12.3. The summed E-state index contributed by atoms with van der Waals surface area (Å²) in [5.74, 6) is 1.41. The van der Waals surface area contributed by atoms with Crippen LogP contribution < -0.4 is 4.74 Å². The highest BCUT2D eigenvalue weighted by molar-refractivity contribution is 5.72. The number of benzene rings is 1. The van der Waals surface area contributed by atoms with Gasteiger partial charge in [-0.3, -0.25) is 4.79 Å². The normalized spacial score (nSPS) is 16.2. The van der Waals surface area contributed by atoms with Crippen LogP contribution in [0.3, 0.4) is 0 Å². The molecule has 0 spiro atoms. The van der Waals surface area contributed by atoms with Crippen molar-refractivity contribution < 1.29 is 9.53 Å². The van der Waals surface area contributed by atoms with Crippen molar-refractivity contribution in [1.29, 1.82) is 0 Å². The van der Waals surface area contributed by atoms with E-state index in [2.05, 4.69) is 25.1 Å². The zero-order valence-corrected chi connectivity index (χ0v) is 10.4. The van der Waals surface area contributed by atoms with Gasteiger partial charge in [-0.15, -0.1) is 0 Å². The van der Waals surface area contributed by atoms with Crippen molar-refractivity contribution in [1.82, 2.24) is 0 Å². The first-order chi connectivity index (χ1) is 8.19. The minimum atomic E-state index is 0.375. The largest absolute Gasteiger partial charge is 0.493 e. The van der Waals surface area contributed by atoms with Crippen LogP contribution >= 0.6 is 0 Å². The molecule has 1 heterocycles. The number of fused-ring (bicyclic) bond motifs is 1. The monoisotopic (exact) mass is 230 g/mol. The molecule has 90 valence electrons. The Morgan fingerprint density at radius 2 is 2.35 bits per heavy atom. The molecule has 1 aromatic carbocycles. The molecule has 0 bridgehead atoms. The smallest absolute Gasteiger partial charge is 0.145 e. The number of carbonyl (C=O) groups excluding carboxylic acids is 1. The molecule has 0 fully saturated rings. The van der Waals surface area contributed by atoms with Crippen molar-refractivity contribution in [2.24, 2.45) is 5.92 Å². The fourth-order valence-electron chi connectivity index (χ4n) is 2.26. The maximum Gasteiger partial charge on any atom is 0.145 e. The molecule has 0 amide bonds. The SMILES string of the molecule is C/C(C=O)=C\C(C)Cc1ccc2c(c1)OCC2. The third kappa shape index (κ3) is 2.96. The van der Waals surface area contributed by atoms with Gasteiger partial charge in [0.25, 0.3) is 0 Å². The number of carbonyl (C=O) groups is 1. The van der Waals surface area contributed by atoms with Crippen LogP contribution in [0.4, 0.5) is 0 Å². The molecule has 1 atom stereocenters. The summed E-state index contributed by atoms with van der Waals surface area (Å²) in [6.45, 7) is 4.77. The van der Waals surface area contributed by atoms with E-state index in [0.29, 0.717) is 5.92 Å².